The average molecular weight is 635 g/mol. The molecule has 0 radical (unpaired) electrons. The Morgan fingerprint density at radius 1 is 0.929 bits per heavy atom. The summed E-state index contributed by atoms with van der Waals surface area (Å²) in [5.41, 5.74) is 1.60. The van der Waals surface area contributed by atoms with Gasteiger partial charge in [0, 0.05) is 28.7 Å². The molecule has 3 aromatic rings. The summed E-state index contributed by atoms with van der Waals surface area (Å²) in [7, 11) is -4.19. The molecule has 0 aromatic heterocycles. The molecule has 1 atom stereocenters. The molecule has 42 heavy (non-hydrogen) atoms. The number of carbonyl (C=O) groups excluding carboxylic acids is 2. The zero-order chi connectivity index (χ0) is 31.0. The lowest BCUT2D eigenvalue weighted by Gasteiger charge is -2.32. The van der Waals surface area contributed by atoms with Crippen LogP contribution in [0.2, 0.25) is 10.0 Å². The molecule has 1 N–H and O–H groups in total. The van der Waals surface area contributed by atoms with Crippen molar-refractivity contribution in [2.45, 2.75) is 52.1 Å². The molecule has 8 nitrogen and oxygen atoms in total. The second-order valence-electron chi connectivity index (χ2n) is 10.3. The fourth-order valence-electron chi connectivity index (χ4n) is 4.13. The quantitative estimate of drug-likeness (QED) is 0.246. The van der Waals surface area contributed by atoms with Gasteiger partial charge in [-0.3, -0.25) is 13.9 Å². The van der Waals surface area contributed by atoms with E-state index in [4.69, 9.17) is 27.9 Å². The van der Waals surface area contributed by atoms with Gasteiger partial charge in [0.05, 0.1) is 17.2 Å². The molecule has 0 fully saturated rings. The third-order valence-corrected chi connectivity index (χ3v) is 9.06. The van der Waals surface area contributed by atoms with Crippen LogP contribution in [0.25, 0.3) is 0 Å². The van der Waals surface area contributed by atoms with Crippen LogP contribution in [-0.2, 0) is 26.2 Å². The number of sulfonamides is 1. The van der Waals surface area contributed by atoms with Crippen LogP contribution in [0, 0.1) is 12.8 Å². The van der Waals surface area contributed by atoms with Crippen LogP contribution in [-0.4, -0.2) is 50.9 Å². The number of carbonyl (C=O) groups is 2. The standard InChI is InChI=1S/C31H37Cl2N3O5S/c1-6-41-25-14-12-24(13-15-25)36(42(39,40)26-16-10-22(4)11-17-26)20-30(37)35(23(5)31(38)34-18-21(2)3)19-27-28(32)8-7-9-29(27)33/h7-17,21,23H,6,18-20H2,1-5H3,(H,34,38)/t23-/m1/s1. The largest absolute Gasteiger partial charge is 0.494 e. The number of nitrogens with zero attached hydrogens (tertiary/aromatic N) is 2. The molecule has 0 bridgehead atoms. The third kappa shape index (κ3) is 8.40. The first-order valence-electron chi connectivity index (χ1n) is 13.7. The molecular weight excluding hydrogens is 597 g/mol. The van der Waals surface area contributed by atoms with Gasteiger partial charge >= 0.3 is 0 Å². The molecule has 0 saturated heterocycles. The van der Waals surface area contributed by atoms with Crippen LogP contribution in [0.4, 0.5) is 5.69 Å². The second-order valence-corrected chi connectivity index (χ2v) is 13.0. The van der Waals surface area contributed by atoms with Crippen molar-refractivity contribution in [1.82, 2.24) is 10.2 Å². The number of anilines is 1. The highest BCUT2D eigenvalue weighted by atomic mass is 35.5. The summed E-state index contributed by atoms with van der Waals surface area (Å²) >= 11 is 12.9. The van der Waals surface area contributed by atoms with Crippen LogP contribution in [0.15, 0.2) is 71.6 Å². The molecule has 0 aliphatic heterocycles. The van der Waals surface area contributed by atoms with E-state index < -0.39 is 28.5 Å². The highest BCUT2D eigenvalue weighted by Crippen LogP contribution is 2.29. The van der Waals surface area contributed by atoms with Crippen molar-refractivity contribution in [3.63, 3.8) is 0 Å². The Hall–Kier alpha value is -3.27. The first-order chi connectivity index (χ1) is 19.8. The van der Waals surface area contributed by atoms with Crippen molar-refractivity contribution in [2.24, 2.45) is 5.92 Å². The van der Waals surface area contributed by atoms with E-state index in [1.807, 2.05) is 27.7 Å². The predicted octanol–water partition coefficient (Wildman–Crippen LogP) is 6.09. The van der Waals surface area contributed by atoms with Crippen LogP contribution >= 0.6 is 23.2 Å². The Balaban J connectivity index is 2.05. The van der Waals surface area contributed by atoms with Crippen LogP contribution in [0.3, 0.4) is 0 Å². The summed E-state index contributed by atoms with van der Waals surface area (Å²) in [6, 6.07) is 16.8. The van der Waals surface area contributed by atoms with Crippen molar-refractivity contribution in [3.05, 3.63) is 87.9 Å². The Bertz CT molecular complexity index is 1460. The number of ether oxygens (including phenoxy) is 1. The molecule has 2 amide bonds. The smallest absolute Gasteiger partial charge is 0.264 e. The van der Waals surface area contributed by atoms with Crippen LogP contribution < -0.4 is 14.4 Å². The van der Waals surface area contributed by atoms with Gasteiger partial charge in [-0.05, 0) is 75.2 Å². The maximum atomic E-state index is 14.1. The van der Waals surface area contributed by atoms with Gasteiger partial charge in [-0.15, -0.1) is 0 Å². The molecule has 226 valence electrons. The van der Waals surface area contributed by atoms with Gasteiger partial charge in [-0.25, -0.2) is 8.42 Å². The molecule has 0 spiro atoms. The number of halogens is 2. The van der Waals surface area contributed by atoms with Crippen LogP contribution in [0.1, 0.15) is 38.8 Å². The fraction of sp³-hybridized carbons (Fsp3) is 0.355. The topological polar surface area (TPSA) is 96.0 Å². The molecular formula is C31H37Cl2N3O5S. The first kappa shape index (κ1) is 33.2. The van der Waals surface area contributed by atoms with E-state index in [1.54, 1.807) is 61.5 Å². The van der Waals surface area contributed by atoms with Gasteiger partial charge in [0.2, 0.25) is 11.8 Å². The Morgan fingerprint density at radius 3 is 2.07 bits per heavy atom. The lowest BCUT2D eigenvalue weighted by Crippen LogP contribution is -2.51. The van der Waals surface area contributed by atoms with Crippen molar-refractivity contribution in [1.29, 1.82) is 0 Å². The summed E-state index contributed by atoms with van der Waals surface area (Å²) < 4.78 is 34.5. The Kier molecular flexibility index (Phi) is 11.7. The van der Waals surface area contributed by atoms with E-state index in [0.717, 1.165) is 9.87 Å². The Labute approximate surface area is 258 Å². The maximum absolute atomic E-state index is 14.1. The van der Waals surface area contributed by atoms with Crippen LogP contribution in [0.5, 0.6) is 5.75 Å². The average Bonchev–Trinajstić information content (AvgIpc) is 2.95. The number of hydrogen-bond acceptors (Lipinski definition) is 5. The van der Waals surface area contributed by atoms with E-state index in [0.29, 0.717) is 34.5 Å². The monoisotopic (exact) mass is 633 g/mol. The fourth-order valence-corrected chi connectivity index (χ4v) is 6.06. The van der Waals surface area contributed by atoms with Gasteiger partial charge < -0.3 is 15.0 Å². The normalized spacial score (nSPS) is 12.1. The van der Waals surface area contributed by atoms with Crippen molar-refractivity contribution in [2.75, 3.05) is 24.0 Å². The van der Waals surface area contributed by atoms with Gasteiger partial charge in [-0.1, -0.05) is 60.8 Å². The minimum atomic E-state index is -4.19. The summed E-state index contributed by atoms with van der Waals surface area (Å²) in [6.45, 7) is 9.39. The van der Waals surface area contributed by atoms with Crippen molar-refractivity contribution in [3.8, 4) is 5.75 Å². The minimum Gasteiger partial charge on any atom is -0.494 e. The lowest BCUT2D eigenvalue weighted by molar-refractivity contribution is -0.139. The molecule has 0 saturated carbocycles. The summed E-state index contributed by atoms with van der Waals surface area (Å²) in [4.78, 5) is 28.5. The molecule has 0 heterocycles. The lowest BCUT2D eigenvalue weighted by atomic mass is 10.1. The van der Waals surface area contributed by atoms with Gasteiger partial charge in [0.1, 0.15) is 18.3 Å². The number of benzene rings is 3. The third-order valence-electron chi connectivity index (χ3n) is 6.57. The number of amides is 2. The summed E-state index contributed by atoms with van der Waals surface area (Å²) in [5.74, 6) is -0.235. The van der Waals surface area contributed by atoms with E-state index in [9.17, 15) is 18.0 Å². The second kappa shape index (κ2) is 14.8. The molecule has 0 aliphatic rings. The van der Waals surface area contributed by atoms with E-state index >= 15 is 0 Å². The highest BCUT2D eigenvalue weighted by Gasteiger charge is 2.33. The molecule has 0 unspecified atom stereocenters. The number of aryl methyl sites for hydroxylation is 1. The van der Waals surface area contributed by atoms with Crippen molar-refractivity contribution < 1.29 is 22.7 Å². The minimum absolute atomic E-state index is 0.0261. The number of nitrogens with one attached hydrogen (secondary N) is 1. The summed E-state index contributed by atoms with van der Waals surface area (Å²) in [6.07, 6.45) is 0. The van der Waals surface area contributed by atoms with E-state index in [-0.39, 0.29) is 29.0 Å². The van der Waals surface area contributed by atoms with Gasteiger partial charge in [0.15, 0.2) is 0 Å². The number of hydrogen-bond donors (Lipinski definition) is 1. The zero-order valence-electron chi connectivity index (χ0n) is 24.4. The molecule has 3 aromatic carbocycles. The zero-order valence-corrected chi connectivity index (χ0v) is 26.8. The van der Waals surface area contributed by atoms with Crippen molar-refractivity contribution >= 4 is 50.7 Å². The van der Waals surface area contributed by atoms with Gasteiger partial charge in [-0.2, -0.15) is 0 Å². The predicted molar refractivity (Wildman–Crippen MR) is 168 cm³/mol. The SMILES string of the molecule is CCOc1ccc(N(CC(=O)N(Cc2c(Cl)cccc2Cl)[C@H](C)C(=O)NCC(C)C)S(=O)(=O)c2ccc(C)cc2)cc1. The van der Waals surface area contributed by atoms with E-state index in [2.05, 4.69) is 5.32 Å². The summed E-state index contributed by atoms with van der Waals surface area (Å²) in [5, 5.41) is 3.50. The van der Waals surface area contributed by atoms with Gasteiger partial charge in [0.25, 0.3) is 10.0 Å². The highest BCUT2D eigenvalue weighted by molar-refractivity contribution is 7.92. The first-order valence-corrected chi connectivity index (χ1v) is 15.9. The molecule has 3 rings (SSSR count). The number of rotatable bonds is 13. The molecule has 11 heteroatoms. The van der Waals surface area contributed by atoms with E-state index in [1.165, 1.54) is 17.0 Å². The Morgan fingerprint density at radius 2 is 1.52 bits per heavy atom. The molecule has 0 aliphatic carbocycles. The maximum Gasteiger partial charge on any atom is 0.264 e.